The quantitative estimate of drug-likeness (QED) is 0.737. The van der Waals surface area contributed by atoms with E-state index in [1.807, 2.05) is 36.4 Å². The Morgan fingerprint density at radius 3 is 2.60 bits per heavy atom. The molecule has 1 aromatic heterocycles. The number of nitrogens with one attached hydrogen (secondary N) is 1. The van der Waals surface area contributed by atoms with E-state index in [-0.39, 0.29) is 12.0 Å². The van der Waals surface area contributed by atoms with E-state index >= 15 is 0 Å². The number of aryl methyl sites for hydroxylation is 2. The third kappa shape index (κ3) is 3.91. The number of fused-ring (bicyclic) bond motifs is 1. The first kappa shape index (κ1) is 17.2. The van der Waals surface area contributed by atoms with Gasteiger partial charge in [-0.2, -0.15) is 0 Å². The molecule has 130 valence electrons. The second-order valence-electron chi connectivity index (χ2n) is 6.31. The molecule has 0 aliphatic rings. The van der Waals surface area contributed by atoms with E-state index in [1.165, 1.54) is 11.1 Å². The molecule has 0 saturated carbocycles. The van der Waals surface area contributed by atoms with Gasteiger partial charge >= 0.3 is 0 Å². The van der Waals surface area contributed by atoms with Crippen LogP contribution in [0.2, 0.25) is 0 Å². The van der Waals surface area contributed by atoms with Crippen molar-refractivity contribution >= 4 is 16.9 Å². The van der Waals surface area contributed by atoms with Gasteiger partial charge in [0, 0.05) is 24.6 Å². The van der Waals surface area contributed by atoms with E-state index in [0.717, 1.165) is 22.1 Å². The van der Waals surface area contributed by atoms with Gasteiger partial charge in [-0.15, -0.1) is 0 Å². The van der Waals surface area contributed by atoms with Crippen molar-refractivity contribution < 1.29 is 13.9 Å². The third-order valence-electron chi connectivity index (χ3n) is 4.56. The molecule has 0 fully saturated rings. The molecular formula is C21H23NO3. The number of hydrogen-bond acceptors (Lipinski definition) is 3. The lowest BCUT2D eigenvalue weighted by Crippen LogP contribution is -2.30. The summed E-state index contributed by atoms with van der Waals surface area (Å²) in [7, 11) is 1.65. The zero-order valence-electron chi connectivity index (χ0n) is 14.8. The molecule has 0 aliphatic carbocycles. The minimum absolute atomic E-state index is 0.0427. The normalized spacial score (nSPS) is 12.3. The van der Waals surface area contributed by atoms with Crippen molar-refractivity contribution in [2.75, 3.05) is 13.7 Å². The first-order valence-corrected chi connectivity index (χ1v) is 8.40. The van der Waals surface area contributed by atoms with E-state index in [2.05, 4.69) is 25.2 Å². The molecule has 0 spiro atoms. The van der Waals surface area contributed by atoms with E-state index in [0.29, 0.717) is 13.0 Å². The van der Waals surface area contributed by atoms with Crippen LogP contribution in [0, 0.1) is 13.8 Å². The molecule has 0 bridgehead atoms. The van der Waals surface area contributed by atoms with Crippen molar-refractivity contribution in [2.45, 2.75) is 26.4 Å². The van der Waals surface area contributed by atoms with Gasteiger partial charge in [-0.05, 0) is 42.7 Å². The molecule has 2 aromatic carbocycles. The summed E-state index contributed by atoms with van der Waals surface area (Å²) in [6.07, 6.45) is 1.81. The smallest absolute Gasteiger partial charge is 0.224 e. The fourth-order valence-electron chi connectivity index (χ4n) is 2.92. The molecule has 4 heteroatoms. The molecule has 0 saturated heterocycles. The fourth-order valence-corrected chi connectivity index (χ4v) is 2.92. The van der Waals surface area contributed by atoms with Crippen molar-refractivity contribution in [3.05, 3.63) is 71.0 Å². The SMILES string of the molecule is COC(CNC(=O)Cc1coc2cc(C)c(C)cc12)c1ccccc1. The topological polar surface area (TPSA) is 51.5 Å². The maximum Gasteiger partial charge on any atom is 0.224 e. The summed E-state index contributed by atoms with van der Waals surface area (Å²) < 4.78 is 11.1. The van der Waals surface area contributed by atoms with Gasteiger partial charge in [0.25, 0.3) is 0 Å². The highest BCUT2D eigenvalue weighted by molar-refractivity contribution is 5.88. The summed E-state index contributed by atoms with van der Waals surface area (Å²) in [5.74, 6) is -0.0427. The average molecular weight is 337 g/mol. The summed E-state index contributed by atoms with van der Waals surface area (Å²) in [6, 6.07) is 14.0. The number of amides is 1. The van der Waals surface area contributed by atoms with Crippen molar-refractivity contribution in [3.8, 4) is 0 Å². The van der Waals surface area contributed by atoms with Crippen LogP contribution in [-0.2, 0) is 16.0 Å². The summed E-state index contributed by atoms with van der Waals surface area (Å²) in [4.78, 5) is 12.3. The zero-order valence-corrected chi connectivity index (χ0v) is 14.8. The van der Waals surface area contributed by atoms with Crippen LogP contribution in [0.15, 0.2) is 53.1 Å². The lowest BCUT2D eigenvalue weighted by atomic mass is 10.0. The van der Waals surface area contributed by atoms with Crippen molar-refractivity contribution in [2.24, 2.45) is 0 Å². The lowest BCUT2D eigenvalue weighted by Gasteiger charge is -2.16. The average Bonchev–Trinajstić information content (AvgIpc) is 2.98. The van der Waals surface area contributed by atoms with Crippen LogP contribution < -0.4 is 5.32 Å². The van der Waals surface area contributed by atoms with Gasteiger partial charge in [0.15, 0.2) is 0 Å². The second-order valence-corrected chi connectivity index (χ2v) is 6.31. The number of carbonyl (C=O) groups excluding carboxylic acids is 1. The monoisotopic (exact) mass is 337 g/mol. The number of hydrogen-bond donors (Lipinski definition) is 1. The predicted octanol–water partition coefficient (Wildman–Crippen LogP) is 4.10. The van der Waals surface area contributed by atoms with Gasteiger partial charge in [0.1, 0.15) is 5.58 Å². The van der Waals surface area contributed by atoms with Crippen LogP contribution in [0.3, 0.4) is 0 Å². The van der Waals surface area contributed by atoms with Crippen LogP contribution in [0.5, 0.6) is 0 Å². The van der Waals surface area contributed by atoms with E-state index in [4.69, 9.17) is 9.15 Å². The van der Waals surface area contributed by atoms with E-state index in [9.17, 15) is 4.79 Å². The van der Waals surface area contributed by atoms with Gasteiger partial charge in [-0.3, -0.25) is 4.79 Å². The van der Waals surface area contributed by atoms with Crippen LogP contribution in [0.1, 0.15) is 28.4 Å². The van der Waals surface area contributed by atoms with Crippen LogP contribution >= 0.6 is 0 Å². The number of benzene rings is 2. The molecule has 4 nitrogen and oxygen atoms in total. The number of carbonyl (C=O) groups is 1. The van der Waals surface area contributed by atoms with Crippen LogP contribution in [0.25, 0.3) is 11.0 Å². The lowest BCUT2D eigenvalue weighted by molar-refractivity contribution is -0.121. The Morgan fingerprint density at radius 1 is 1.16 bits per heavy atom. The number of methoxy groups -OCH3 is 1. The van der Waals surface area contributed by atoms with Gasteiger partial charge in [-0.1, -0.05) is 30.3 Å². The minimum atomic E-state index is -0.156. The zero-order chi connectivity index (χ0) is 17.8. The highest BCUT2D eigenvalue weighted by atomic mass is 16.5. The van der Waals surface area contributed by atoms with Crippen molar-refractivity contribution in [1.82, 2.24) is 5.32 Å². The Balaban J connectivity index is 1.66. The molecule has 25 heavy (non-hydrogen) atoms. The summed E-state index contributed by atoms with van der Waals surface area (Å²) in [5.41, 5.74) is 5.15. The van der Waals surface area contributed by atoms with E-state index < -0.39 is 0 Å². The molecule has 3 aromatic rings. The highest BCUT2D eigenvalue weighted by Gasteiger charge is 2.14. The van der Waals surface area contributed by atoms with Crippen LogP contribution in [-0.4, -0.2) is 19.6 Å². The van der Waals surface area contributed by atoms with E-state index in [1.54, 1.807) is 13.4 Å². The van der Waals surface area contributed by atoms with Crippen molar-refractivity contribution in [1.29, 1.82) is 0 Å². The predicted molar refractivity (Wildman–Crippen MR) is 98.6 cm³/mol. The maximum absolute atomic E-state index is 12.3. The molecule has 1 amide bonds. The molecule has 3 rings (SSSR count). The molecule has 1 N–H and O–H groups in total. The van der Waals surface area contributed by atoms with Gasteiger partial charge in [0.2, 0.25) is 5.91 Å². The molecule has 0 radical (unpaired) electrons. The maximum atomic E-state index is 12.3. The largest absolute Gasteiger partial charge is 0.464 e. The Kier molecular flexibility index (Phi) is 5.19. The third-order valence-corrected chi connectivity index (χ3v) is 4.56. The molecule has 1 unspecified atom stereocenters. The van der Waals surface area contributed by atoms with Gasteiger partial charge in [0.05, 0.1) is 18.8 Å². The Hall–Kier alpha value is -2.59. The number of furan rings is 1. The summed E-state index contributed by atoms with van der Waals surface area (Å²) in [5, 5.41) is 3.96. The minimum Gasteiger partial charge on any atom is -0.464 e. The van der Waals surface area contributed by atoms with Crippen LogP contribution in [0.4, 0.5) is 0 Å². The van der Waals surface area contributed by atoms with Gasteiger partial charge < -0.3 is 14.5 Å². The highest BCUT2D eigenvalue weighted by Crippen LogP contribution is 2.25. The summed E-state index contributed by atoms with van der Waals surface area (Å²) in [6.45, 7) is 4.56. The molecular weight excluding hydrogens is 314 g/mol. The molecule has 1 atom stereocenters. The fraction of sp³-hybridized carbons (Fsp3) is 0.286. The molecule has 1 heterocycles. The Bertz CT molecular complexity index is 867. The van der Waals surface area contributed by atoms with Crippen molar-refractivity contribution in [3.63, 3.8) is 0 Å². The van der Waals surface area contributed by atoms with Gasteiger partial charge in [-0.25, -0.2) is 0 Å². The number of rotatable bonds is 6. The number of ether oxygens (including phenoxy) is 1. The molecule has 0 aliphatic heterocycles. The summed E-state index contributed by atoms with van der Waals surface area (Å²) >= 11 is 0. The first-order chi connectivity index (χ1) is 12.1. The Morgan fingerprint density at radius 2 is 1.88 bits per heavy atom. The first-order valence-electron chi connectivity index (χ1n) is 8.40. The standard InChI is InChI=1S/C21H23NO3/c1-14-9-18-17(13-25-19(18)10-15(14)2)11-21(23)22-12-20(24-3)16-7-5-4-6-8-16/h4-10,13,20H,11-12H2,1-3H3,(H,22,23). The Labute approximate surface area is 147 Å². The second kappa shape index (κ2) is 7.53.